The first-order chi connectivity index (χ1) is 19.1. The van der Waals surface area contributed by atoms with E-state index in [-0.39, 0.29) is 40.9 Å². The van der Waals surface area contributed by atoms with Crippen LogP contribution in [0.3, 0.4) is 0 Å². The molecule has 0 saturated carbocycles. The van der Waals surface area contributed by atoms with Crippen molar-refractivity contribution in [1.29, 1.82) is 5.41 Å². The van der Waals surface area contributed by atoms with Gasteiger partial charge in [0.15, 0.2) is 5.65 Å². The molecule has 2 aliphatic rings. The molecule has 4 heterocycles. The molecule has 1 aromatic carbocycles. The Morgan fingerprint density at radius 3 is 2.67 bits per heavy atom. The van der Waals surface area contributed by atoms with E-state index in [1.165, 1.54) is 52.9 Å². The number of benzene rings is 1. The molecule has 11 nitrogen and oxygen atoms in total. The third kappa shape index (κ3) is 5.29. The van der Waals surface area contributed by atoms with Gasteiger partial charge in [-0.2, -0.15) is 4.98 Å². The molecule has 210 valence electrons. The van der Waals surface area contributed by atoms with Crippen molar-refractivity contribution in [2.75, 3.05) is 43.4 Å². The van der Waals surface area contributed by atoms with Crippen LogP contribution in [-0.2, 0) is 11.3 Å². The van der Waals surface area contributed by atoms with Crippen LogP contribution in [0.1, 0.15) is 25.8 Å². The highest BCUT2D eigenvalue weighted by Crippen LogP contribution is 2.42. The zero-order chi connectivity index (χ0) is 28.6. The summed E-state index contributed by atoms with van der Waals surface area (Å²) in [6.45, 7) is 14.2. The molecule has 0 aliphatic carbocycles. The highest BCUT2D eigenvalue weighted by Gasteiger charge is 2.46. The lowest BCUT2D eigenvalue weighted by Crippen LogP contribution is -2.57. The summed E-state index contributed by atoms with van der Waals surface area (Å²) in [7, 11) is 2.20. The maximum atomic E-state index is 13.1. The predicted octanol–water partition coefficient (Wildman–Crippen LogP) is 2.88. The lowest BCUT2D eigenvalue weighted by atomic mass is 9.78. The number of nitrogens with one attached hydrogen (secondary N) is 3. The Labute approximate surface area is 233 Å². The summed E-state index contributed by atoms with van der Waals surface area (Å²) in [4.78, 5) is 39.0. The summed E-state index contributed by atoms with van der Waals surface area (Å²) in [6, 6.07) is 6.17. The molecule has 2 saturated heterocycles. The number of hydrogen-bond donors (Lipinski definition) is 3. The molecule has 1 spiro atoms. The topological polar surface area (TPSA) is 124 Å². The van der Waals surface area contributed by atoms with Gasteiger partial charge in [-0.25, -0.2) is 14.3 Å². The Morgan fingerprint density at radius 2 is 2.02 bits per heavy atom. The average Bonchev–Trinajstić information content (AvgIpc) is 3.39. The first-order valence-corrected chi connectivity index (χ1v) is 13.6. The average molecular weight is 544 g/mol. The van der Waals surface area contributed by atoms with E-state index in [9.17, 15) is 9.59 Å². The number of nitrogens with zero attached hydrogens (tertiary/aromatic N) is 6. The van der Waals surface area contributed by atoms with Crippen LogP contribution < -0.4 is 21.1 Å². The highest BCUT2D eigenvalue weighted by atomic mass is 16.1. The second-order valence-corrected chi connectivity index (χ2v) is 11.3. The molecule has 0 atom stereocenters. The van der Waals surface area contributed by atoms with E-state index in [4.69, 9.17) is 5.41 Å². The van der Waals surface area contributed by atoms with Crippen molar-refractivity contribution in [2.45, 2.75) is 39.8 Å². The van der Waals surface area contributed by atoms with Crippen molar-refractivity contribution in [1.82, 2.24) is 29.5 Å². The van der Waals surface area contributed by atoms with Crippen LogP contribution in [0.5, 0.6) is 0 Å². The van der Waals surface area contributed by atoms with Gasteiger partial charge in [-0.3, -0.25) is 15.0 Å². The number of amides is 1. The van der Waals surface area contributed by atoms with Gasteiger partial charge in [-0.1, -0.05) is 6.08 Å². The fraction of sp³-hybridized carbons (Fsp3) is 0.414. The summed E-state index contributed by atoms with van der Waals surface area (Å²) in [5.74, 6) is -0.109. The Morgan fingerprint density at radius 1 is 1.25 bits per heavy atom. The Hall–Kier alpha value is -4.25. The normalized spacial score (nSPS) is 16.7. The number of carbonyl (C=O) groups is 1. The van der Waals surface area contributed by atoms with E-state index in [0.29, 0.717) is 11.4 Å². The molecule has 40 heavy (non-hydrogen) atoms. The number of fused-ring (bicyclic) bond motifs is 1. The number of rotatable bonds is 8. The summed E-state index contributed by atoms with van der Waals surface area (Å²) in [6.07, 6.45) is 6.91. The zero-order valence-electron chi connectivity index (χ0n) is 23.6. The van der Waals surface area contributed by atoms with Crippen molar-refractivity contribution in [3.8, 4) is 0 Å². The quantitative estimate of drug-likeness (QED) is 0.173. The minimum Gasteiger partial charge on any atom is -0.370 e. The zero-order valence-corrected chi connectivity index (χ0v) is 23.6. The molecule has 11 heteroatoms. The van der Waals surface area contributed by atoms with Crippen LogP contribution in [-0.4, -0.2) is 75.2 Å². The molecule has 3 N–H and O–H groups in total. The van der Waals surface area contributed by atoms with E-state index in [2.05, 4.69) is 63.1 Å². The first-order valence-electron chi connectivity index (χ1n) is 13.6. The van der Waals surface area contributed by atoms with Crippen LogP contribution in [0.4, 0.5) is 17.3 Å². The number of anilines is 3. The van der Waals surface area contributed by atoms with Crippen LogP contribution in [0.2, 0.25) is 0 Å². The van der Waals surface area contributed by atoms with Crippen LogP contribution in [0, 0.1) is 17.7 Å². The molecule has 1 amide bonds. The fourth-order valence-corrected chi connectivity index (χ4v) is 5.75. The number of likely N-dealkylation sites (tertiary alicyclic amines) is 1. The number of carbonyl (C=O) groups excluding carboxylic acids is 1. The molecule has 2 aliphatic heterocycles. The lowest BCUT2D eigenvalue weighted by Gasteiger charge is -2.50. The third-order valence-electron chi connectivity index (χ3n) is 7.50. The van der Waals surface area contributed by atoms with E-state index < -0.39 is 0 Å². The van der Waals surface area contributed by atoms with E-state index in [1.54, 1.807) is 6.08 Å². The van der Waals surface area contributed by atoms with Crippen molar-refractivity contribution in [3.05, 3.63) is 65.1 Å². The second kappa shape index (κ2) is 10.7. The van der Waals surface area contributed by atoms with E-state index in [0.717, 1.165) is 24.3 Å². The molecule has 0 radical (unpaired) electrons. The molecule has 2 aromatic heterocycles. The van der Waals surface area contributed by atoms with Gasteiger partial charge < -0.3 is 20.4 Å². The monoisotopic (exact) mass is 543 g/mol. The van der Waals surface area contributed by atoms with Crippen molar-refractivity contribution in [2.24, 2.45) is 5.41 Å². The molecule has 0 bridgehead atoms. The molecule has 5 rings (SSSR count). The largest absolute Gasteiger partial charge is 0.370 e. The van der Waals surface area contributed by atoms with Gasteiger partial charge in [0, 0.05) is 54.7 Å². The van der Waals surface area contributed by atoms with E-state index >= 15 is 0 Å². The van der Waals surface area contributed by atoms with Gasteiger partial charge in [0.05, 0.1) is 6.54 Å². The summed E-state index contributed by atoms with van der Waals surface area (Å²) < 4.78 is 2.73. The minimum absolute atomic E-state index is 0.0337. The van der Waals surface area contributed by atoms with Gasteiger partial charge in [0.2, 0.25) is 11.9 Å². The number of aromatic nitrogens is 4. The minimum atomic E-state index is -0.341. The number of hydrogen-bond acceptors (Lipinski definition) is 8. The van der Waals surface area contributed by atoms with Gasteiger partial charge in [0.1, 0.15) is 11.2 Å². The van der Waals surface area contributed by atoms with Crippen LogP contribution in [0.25, 0.3) is 11.0 Å². The SMILES string of the molecule is C=CCn1c(=O)c2cnc(Nc3ccc(N4CC5(CCN(C)C5)C4)c(C)c3)nc2n1C(=N)/C=C\C(=O)NC(C)C. The van der Waals surface area contributed by atoms with Crippen molar-refractivity contribution >= 4 is 40.1 Å². The van der Waals surface area contributed by atoms with Crippen molar-refractivity contribution in [3.63, 3.8) is 0 Å². The molecule has 2 fully saturated rings. The molecule has 0 unspecified atom stereocenters. The standard InChI is InChI=1S/C29H37N9O2/c1-6-12-37-27(40)22-15-31-28(34-26(22)38(37)24(30)9-10-25(39)32-19(2)3)33-21-7-8-23(20(4)14-21)36-17-29(18-36)11-13-35(5)16-29/h6-10,14-15,19,30H,1,11-13,16-18H2,2-5H3,(H,32,39)(H,31,33,34)/b10-9-,30-24?. The van der Waals surface area contributed by atoms with Gasteiger partial charge in [-0.15, -0.1) is 6.58 Å². The summed E-state index contributed by atoms with van der Waals surface area (Å²) >= 11 is 0. The predicted molar refractivity (Wildman–Crippen MR) is 159 cm³/mol. The number of aryl methyl sites for hydroxylation is 1. The molecular formula is C29H37N9O2. The molecular weight excluding hydrogens is 506 g/mol. The second-order valence-electron chi connectivity index (χ2n) is 11.3. The fourth-order valence-electron chi connectivity index (χ4n) is 5.75. The van der Waals surface area contributed by atoms with Gasteiger partial charge >= 0.3 is 0 Å². The van der Waals surface area contributed by atoms with E-state index in [1.807, 2.05) is 19.9 Å². The Balaban J connectivity index is 1.38. The Kier molecular flexibility index (Phi) is 7.33. The van der Waals surface area contributed by atoms with Gasteiger partial charge in [-0.05, 0) is 70.6 Å². The third-order valence-corrected chi connectivity index (χ3v) is 7.50. The summed E-state index contributed by atoms with van der Waals surface area (Å²) in [5, 5.41) is 14.9. The molecule has 3 aromatic rings. The Bertz CT molecular complexity index is 1560. The summed E-state index contributed by atoms with van der Waals surface area (Å²) in [5.41, 5.74) is 3.58. The maximum absolute atomic E-state index is 13.1. The van der Waals surface area contributed by atoms with Gasteiger partial charge in [0.25, 0.3) is 5.56 Å². The smallest absolute Gasteiger partial charge is 0.278 e. The van der Waals surface area contributed by atoms with Crippen LogP contribution in [0.15, 0.2) is 54.0 Å². The number of allylic oxidation sites excluding steroid dienone is 2. The first kappa shape index (κ1) is 27.3. The lowest BCUT2D eigenvalue weighted by molar-refractivity contribution is -0.116. The highest BCUT2D eigenvalue weighted by molar-refractivity contribution is 6.01. The van der Waals surface area contributed by atoms with Crippen LogP contribution >= 0.6 is 0 Å². The van der Waals surface area contributed by atoms with Crippen molar-refractivity contribution < 1.29 is 4.79 Å². The maximum Gasteiger partial charge on any atom is 0.278 e.